The first-order chi connectivity index (χ1) is 9.71. The van der Waals surface area contributed by atoms with Crippen LogP contribution in [0.4, 0.5) is 0 Å². The number of aryl methyl sites for hydroxylation is 2. The van der Waals surface area contributed by atoms with Crippen molar-refractivity contribution in [3.63, 3.8) is 0 Å². The summed E-state index contributed by atoms with van der Waals surface area (Å²) in [6.07, 6.45) is 1.93. The van der Waals surface area contributed by atoms with Crippen LogP contribution >= 0.6 is 8.25 Å². The van der Waals surface area contributed by atoms with Crippen molar-refractivity contribution in [1.29, 1.82) is 0 Å². The van der Waals surface area contributed by atoms with Gasteiger partial charge in [0.25, 0.3) is 0 Å². The Morgan fingerprint density at radius 1 is 0.750 bits per heavy atom. The van der Waals surface area contributed by atoms with Gasteiger partial charge >= 0.3 is 8.25 Å². The molecule has 4 heteroatoms. The summed E-state index contributed by atoms with van der Waals surface area (Å²) in [5, 5.41) is 0. The molecule has 0 spiro atoms. The van der Waals surface area contributed by atoms with Crippen LogP contribution in [0.3, 0.4) is 0 Å². The molecule has 2 rings (SSSR count). The maximum absolute atomic E-state index is 11.8. The Hall–Kier alpha value is -1.86. The van der Waals surface area contributed by atoms with Crippen LogP contribution in [0.1, 0.15) is 25.0 Å². The van der Waals surface area contributed by atoms with Gasteiger partial charge < -0.3 is 0 Å². The van der Waals surface area contributed by atoms with Gasteiger partial charge in [0.1, 0.15) is 0 Å². The van der Waals surface area contributed by atoms with Crippen LogP contribution in [-0.2, 0) is 17.4 Å². The molecule has 104 valence electrons. The fourth-order valence-corrected chi connectivity index (χ4v) is 2.39. The van der Waals surface area contributed by atoms with Gasteiger partial charge in [-0.25, -0.2) is 9.05 Å². The van der Waals surface area contributed by atoms with Gasteiger partial charge in [-0.3, -0.25) is 0 Å². The summed E-state index contributed by atoms with van der Waals surface area (Å²) >= 11 is 0. The highest BCUT2D eigenvalue weighted by Crippen LogP contribution is 2.30. The number of hydrogen-bond acceptors (Lipinski definition) is 3. The van der Waals surface area contributed by atoms with Crippen LogP contribution in [0, 0.1) is 0 Å². The van der Waals surface area contributed by atoms with Crippen LogP contribution in [-0.4, -0.2) is 0 Å². The SMILES string of the molecule is CCc1ccc(O[P+](=O)Oc2ccc(CC)cc2)cc1. The molecule has 2 aromatic rings. The zero-order valence-electron chi connectivity index (χ0n) is 11.7. The van der Waals surface area contributed by atoms with Crippen molar-refractivity contribution >= 4 is 8.25 Å². The van der Waals surface area contributed by atoms with Gasteiger partial charge in [-0.1, -0.05) is 38.1 Å². The molecule has 0 aliphatic carbocycles. The fourth-order valence-electron chi connectivity index (χ4n) is 1.76. The molecule has 0 amide bonds. The quantitative estimate of drug-likeness (QED) is 0.707. The highest BCUT2D eigenvalue weighted by atomic mass is 31.1. The molecule has 20 heavy (non-hydrogen) atoms. The minimum atomic E-state index is -2.21. The molecular formula is C16H18O3P+. The first kappa shape index (κ1) is 14.5. The first-order valence-electron chi connectivity index (χ1n) is 6.72. The Kier molecular flexibility index (Phi) is 5.14. The van der Waals surface area contributed by atoms with Gasteiger partial charge in [0, 0.05) is 4.57 Å². The minimum absolute atomic E-state index is 0.550. The Morgan fingerprint density at radius 2 is 1.10 bits per heavy atom. The summed E-state index contributed by atoms with van der Waals surface area (Å²) in [5.74, 6) is 1.10. The molecule has 0 saturated carbocycles. The lowest BCUT2D eigenvalue weighted by Crippen LogP contribution is -1.90. The molecule has 0 radical (unpaired) electrons. The maximum atomic E-state index is 11.8. The number of benzene rings is 2. The van der Waals surface area contributed by atoms with Gasteiger partial charge in [-0.2, -0.15) is 0 Å². The van der Waals surface area contributed by atoms with Gasteiger partial charge in [0.15, 0.2) is 11.5 Å². The van der Waals surface area contributed by atoms with Crippen LogP contribution in [0.15, 0.2) is 48.5 Å². The number of hydrogen-bond donors (Lipinski definition) is 0. The second-order valence-electron chi connectivity index (χ2n) is 4.40. The van der Waals surface area contributed by atoms with Crippen molar-refractivity contribution in [2.24, 2.45) is 0 Å². The highest BCUT2D eigenvalue weighted by Gasteiger charge is 2.23. The van der Waals surface area contributed by atoms with Gasteiger partial charge in [0.2, 0.25) is 0 Å². The van der Waals surface area contributed by atoms with E-state index >= 15 is 0 Å². The van der Waals surface area contributed by atoms with Crippen LogP contribution < -0.4 is 9.05 Å². The van der Waals surface area contributed by atoms with E-state index in [0.717, 1.165) is 12.8 Å². The highest BCUT2D eigenvalue weighted by molar-refractivity contribution is 7.34. The Labute approximate surface area is 120 Å². The molecule has 0 aliphatic heterocycles. The van der Waals surface area contributed by atoms with E-state index in [2.05, 4.69) is 13.8 Å². The van der Waals surface area contributed by atoms with Crippen molar-refractivity contribution in [2.75, 3.05) is 0 Å². The van der Waals surface area contributed by atoms with Gasteiger partial charge in [-0.05, 0) is 48.2 Å². The molecule has 0 fully saturated rings. The molecule has 2 aromatic carbocycles. The fraction of sp³-hybridized carbons (Fsp3) is 0.250. The predicted molar refractivity (Wildman–Crippen MR) is 80.5 cm³/mol. The molecule has 0 aromatic heterocycles. The van der Waals surface area contributed by atoms with E-state index in [0.29, 0.717) is 11.5 Å². The molecular weight excluding hydrogens is 271 g/mol. The molecule has 0 N–H and O–H groups in total. The summed E-state index contributed by atoms with van der Waals surface area (Å²) in [6.45, 7) is 4.17. The van der Waals surface area contributed by atoms with E-state index < -0.39 is 8.25 Å². The molecule has 0 atom stereocenters. The maximum Gasteiger partial charge on any atom is 0.805 e. The monoisotopic (exact) mass is 289 g/mol. The summed E-state index contributed by atoms with van der Waals surface area (Å²) in [6, 6.07) is 15.0. The van der Waals surface area contributed by atoms with E-state index in [1.54, 1.807) is 24.3 Å². The van der Waals surface area contributed by atoms with E-state index in [-0.39, 0.29) is 0 Å². The van der Waals surface area contributed by atoms with Crippen molar-refractivity contribution < 1.29 is 13.6 Å². The van der Waals surface area contributed by atoms with Gasteiger partial charge in [-0.15, -0.1) is 0 Å². The van der Waals surface area contributed by atoms with Crippen molar-refractivity contribution in [3.8, 4) is 11.5 Å². The molecule has 0 bridgehead atoms. The summed E-state index contributed by atoms with van der Waals surface area (Å²) in [5.41, 5.74) is 2.42. The van der Waals surface area contributed by atoms with Crippen molar-refractivity contribution in [2.45, 2.75) is 26.7 Å². The lowest BCUT2D eigenvalue weighted by atomic mass is 10.2. The third kappa shape index (κ3) is 4.07. The average Bonchev–Trinajstić information content (AvgIpc) is 2.49. The third-order valence-electron chi connectivity index (χ3n) is 3.02. The Bertz CT molecular complexity index is 510. The topological polar surface area (TPSA) is 35.5 Å². The smallest absolute Gasteiger partial charge is 0.222 e. The number of rotatable bonds is 6. The minimum Gasteiger partial charge on any atom is -0.222 e. The predicted octanol–water partition coefficient (Wildman–Crippen LogP) is 4.93. The molecule has 0 unspecified atom stereocenters. The van der Waals surface area contributed by atoms with Crippen molar-refractivity contribution in [3.05, 3.63) is 59.7 Å². The van der Waals surface area contributed by atoms with Gasteiger partial charge in [0.05, 0.1) is 0 Å². The zero-order chi connectivity index (χ0) is 14.4. The van der Waals surface area contributed by atoms with Crippen LogP contribution in [0.2, 0.25) is 0 Å². The lowest BCUT2D eigenvalue weighted by molar-refractivity contribution is 0.415. The average molecular weight is 289 g/mol. The molecule has 0 heterocycles. The van der Waals surface area contributed by atoms with E-state index in [1.807, 2.05) is 24.3 Å². The largest absolute Gasteiger partial charge is 0.805 e. The summed E-state index contributed by atoms with van der Waals surface area (Å²) in [7, 11) is -2.21. The van der Waals surface area contributed by atoms with E-state index in [1.165, 1.54) is 11.1 Å². The van der Waals surface area contributed by atoms with Crippen LogP contribution in [0.25, 0.3) is 0 Å². The molecule has 0 saturated heterocycles. The zero-order valence-corrected chi connectivity index (χ0v) is 12.6. The molecule has 3 nitrogen and oxygen atoms in total. The first-order valence-corrected chi connectivity index (χ1v) is 7.82. The Morgan fingerprint density at radius 3 is 1.40 bits per heavy atom. The van der Waals surface area contributed by atoms with Crippen LogP contribution in [0.5, 0.6) is 11.5 Å². The summed E-state index contributed by atoms with van der Waals surface area (Å²) < 4.78 is 22.3. The Balaban J connectivity index is 1.93. The standard InChI is InChI=1S/C16H18O3P/c1-3-13-5-9-15(10-6-13)18-20(17)19-16-11-7-14(4-2)8-12-16/h5-12H,3-4H2,1-2H3/q+1. The normalized spacial score (nSPS) is 10.1. The van der Waals surface area contributed by atoms with E-state index in [4.69, 9.17) is 9.05 Å². The second kappa shape index (κ2) is 7.06. The van der Waals surface area contributed by atoms with E-state index in [9.17, 15) is 4.57 Å². The van der Waals surface area contributed by atoms with Crippen molar-refractivity contribution in [1.82, 2.24) is 0 Å². The molecule has 0 aliphatic rings. The lowest BCUT2D eigenvalue weighted by Gasteiger charge is -1.98. The third-order valence-corrected chi connectivity index (χ3v) is 3.74. The second-order valence-corrected chi connectivity index (χ2v) is 5.21. The summed E-state index contributed by atoms with van der Waals surface area (Å²) in [4.78, 5) is 0.